The summed E-state index contributed by atoms with van der Waals surface area (Å²) in [4.78, 5) is 25.9. The molecule has 0 heterocycles. The predicted octanol–water partition coefficient (Wildman–Crippen LogP) is 8.74. The second-order valence-electron chi connectivity index (χ2n) is 9.20. The Morgan fingerprint density at radius 3 is 1.91 bits per heavy atom. The van der Waals surface area contributed by atoms with Gasteiger partial charge in [-0.1, -0.05) is 17.7 Å². The summed E-state index contributed by atoms with van der Waals surface area (Å²) in [6.45, 7) is -4.02. The summed E-state index contributed by atoms with van der Waals surface area (Å²) in [5.74, 6) is -4.51. The highest BCUT2D eigenvalue weighted by Gasteiger charge is 2.68. The zero-order valence-corrected chi connectivity index (χ0v) is 23.6. The quantitative estimate of drug-likeness (QED) is 0.219. The molecule has 0 saturated heterocycles. The van der Waals surface area contributed by atoms with Gasteiger partial charge in [-0.15, -0.1) is 13.2 Å². The highest BCUT2D eigenvalue weighted by Crippen LogP contribution is 2.53. The van der Waals surface area contributed by atoms with Crippen LogP contribution in [0.25, 0.3) is 0 Å². The Hall–Kier alpha value is -4.48. The zero-order chi connectivity index (χ0) is 34.8. The van der Waals surface area contributed by atoms with E-state index < -0.39 is 75.9 Å². The smallest absolute Gasteiger partial charge is 0.494 e. The van der Waals surface area contributed by atoms with Crippen LogP contribution in [-0.4, -0.2) is 44.3 Å². The molecule has 19 heteroatoms. The van der Waals surface area contributed by atoms with Crippen molar-refractivity contribution >= 4 is 34.8 Å². The average Bonchev–Trinajstić information content (AvgIpc) is 2.92. The molecule has 2 N–H and O–H groups in total. The highest BCUT2D eigenvalue weighted by molar-refractivity contribution is 6.34. The molecule has 0 aliphatic heterocycles. The van der Waals surface area contributed by atoms with Gasteiger partial charge in [-0.3, -0.25) is 9.59 Å². The van der Waals surface area contributed by atoms with Gasteiger partial charge in [0.2, 0.25) is 0 Å². The molecule has 3 rings (SSSR count). The molecule has 0 aliphatic carbocycles. The van der Waals surface area contributed by atoms with E-state index in [9.17, 15) is 57.9 Å². The lowest BCUT2D eigenvalue weighted by molar-refractivity contribution is -0.297. The molecular weight excluding hydrogens is 677 g/mol. The number of halogens is 12. The van der Waals surface area contributed by atoms with Gasteiger partial charge >= 0.3 is 25.3 Å². The van der Waals surface area contributed by atoms with Crippen molar-refractivity contribution in [3.05, 3.63) is 76.3 Å². The van der Waals surface area contributed by atoms with Crippen LogP contribution in [0.1, 0.15) is 33.2 Å². The van der Waals surface area contributed by atoms with Gasteiger partial charge in [0.15, 0.2) is 16.9 Å². The number of carbonyl (C=O) groups is 2. The van der Waals surface area contributed by atoms with Crippen LogP contribution >= 0.6 is 11.6 Å². The Balaban J connectivity index is 1.98. The van der Waals surface area contributed by atoms with Crippen molar-refractivity contribution < 1.29 is 72.1 Å². The second-order valence-corrected chi connectivity index (χ2v) is 9.60. The van der Waals surface area contributed by atoms with Crippen molar-refractivity contribution in [2.75, 3.05) is 17.7 Å². The maximum atomic E-state index is 13.6. The minimum atomic E-state index is -5.97. The molecule has 0 aromatic heterocycles. The Morgan fingerprint density at radius 1 is 0.826 bits per heavy atom. The van der Waals surface area contributed by atoms with Crippen molar-refractivity contribution in [2.45, 2.75) is 37.7 Å². The first-order valence-corrected chi connectivity index (χ1v) is 12.5. The number of benzene rings is 3. The Morgan fingerprint density at radius 2 is 1.41 bits per heavy atom. The van der Waals surface area contributed by atoms with Crippen molar-refractivity contribution in [3.63, 3.8) is 0 Å². The fourth-order valence-corrected chi connectivity index (χ4v) is 4.14. The molecule has 0 unspecified atom stereocenters. The molecule has 3 aromatic carbocycles. The predicted molar refractivity (Wildman–Crippen MR) is 140 cm³/mol. The van der Waals surface area contributed by atoms with Crippen LogP contribution in [0.2, 0.25) is 5.02 Å². The first kappa shape index (κ1) is 36.0. The Kier molecular flexibility index (Phi) is 10.2. The molecule has 0 aliphatic rings. The van der Waals surface area contributed by atoms with Gasteiger partial charge in [-0.2, -0.15) is 35.1 Å². The third-order valence-electron chi connectivity index (χ3n) is 6.28. The number of ether oxygens (including phenoxy) is 3. The van der Waals surface area contributed by atoms with E-state index in [4.69, 9.17) is 16.3 Å². The molecule has 250 valence electrons. The first-order valence-electron chi connectivity index (χ1n) is 12.2. The minimum absolute atomic E-state index is 0.00748. The van der Waals surface area contributed by atoms with E-state index in [1.54, 1.807) is 0 Å². The van der Waals surface area contributed by atoms with Gasteiger partial charge in [0, 0.05) is 5.56 Å². The number of carbonyl (C=O) groups excluding carboxylic acids is 2. The molecule has 0 radical (unpaired) electrons. The van der Waals surface area contributed by atoms with Crippen LogP contribution in [0, 0.1) is 0 Å². The third kappa shape index (κ3) is 7.83. The summed E-state index contributed by atoms with van der Waals surface area (Å²) in [5, 5.41) is 3.27. The summed E-state index contributed by atoms with van der Waals surface area (Å²) in [5.41, 5.74) is -7.96. The SMILES string of the molecule is COc1c(NC(=O)c2ccc(OC(F)(F)F)cc2)cccc1C(=O)Nc1c(Cl)cc(C(C)(C(F)(F)F)C(F)(F)F)cc1OC(F)F. The summed E-state index contributed by atoms with van der Waals surface area (Å²) in [6.07, 6.45) is -16.9. The van der Waals surface area contributed by atoms with E-state index in [1.165, 1.54) is 12.1 Å². The minimum Gasteiger partial charge on any atom is -0.494 e. The van der Waals surface area contributed by atoms with Gasteiger partial charge in [-0.05, 0) is 61.0 Å². The number of hydrogen-bond donors (Lipinski definition) is 2. The topological polar surface area (TPSA) is 85.9 Å². The maximum Gasteiger partial charge on any atom is 0.573 e. The van der Waals surface area contributed by atoms with Crippen LogP contribution < -0.4 is 24.8 Å². The standard InChI is InChI=1S/C27H18ClF11N2O5/c1-24(25(31,32)33,26(34,35)36)13-10-16(28)19(18(11-13)45-23(29)30)41-22(43)15-4-3-5-17(20(15)44-2)40-21(42)12-6-8-14(9-7-12)46-27(37,38)39/h3-11,23H,1-2H3,(H,40,42)(H,41,43). The third-order valence-corrected chi connectivity index (χ3v) is 6.58. The van der Waals surface area contributed by atoms with E-state index >= 15 is 0 Å². The summed E-state index contributed by atoms with van der Waals surface area (Å²) in [6, 6.07) is 7.34. The molecule has 46 heavy (non-hydrogen) atoms. The van der Waals surface area contributed by atoms with Crippen LogP contribution in [-0.2, 0) is 5.41 Å². The normalized spacial score (nSPS) is 12.5. The van der Waals surface area contributed by atoms with Gasteiger partial charge in [-0.25, -0.2) is 0 Å². The fraction of sp³-hybridized carbons (Fsp3) is 0.259. The van der Waals surface area contributed by atoms with Crippen LogP contribution in [0.3, 0.4) is 0 Å². The van der Waals surface area contributed by atoms with Crippen LogP contribution in [0.4, 0.5) is 59.7 Å². The Labute approximate surface area is 256 Å². The van der Waals surface area contributed by atoms with Crippen LogP contribution in [0.5, 0.6) is 17.2 Å². The molecule has 0 spiro atoms. The highest BCUT2D eigenvalue weighted by atomic mass is 35.5. The number of para-hydroxylation sites is 1. The number of alkyl halides is 11. The number of hydrogen-bond acceptors (Lipinski definition) is 5. The van der Waals surface area contributed by atoms with Gasteiger partial charge in [0.1, 0.15) is 11.4 Å². The number of anilines is 2. The van der Waals surface area contributed by atoms with Crippen molar-refractivity contribution in [1.82, 2.24) is 0 Å². The second kappa shape index (κ2) is 13.1. The monoisotopic (exact) mass is 694 g/mol. The first-order chi connectivity index (χ1) is 21.1. The van der Waals surface area contributed by atoms with Crippen molar-refractivity contribution in [2.24, 2.45) is 0 Å². The lowest BCUT2D eigenvalue weighted by atomic mass is 9.80. The molecule has 7 nitrogen and oxygen atoms in total. The van der Waals surface area contributed by atoms with Crippen molar-refractivity contribution in [1.29, 1.82) is 0 Å². The van der Waals surface area contributed by atoms with E-state index in [1.807, 2.05) is 5.32 Å². The molecule has 0 bridgehead atoms. The number of amides is 2. The molecule has 3 aromatic rings. The van der Waals surface area contributed by atoms with Gasteiger partial charge in [0.05, 0.1) is 23.4 Å². The number of nitrogens with one attached hydrogen (secondary N) is 2. The van der Waals surface area contributed by atoms with Crippen molar-refractivity contribution in [3.8, 4) is 17.2 Å². The molecule has 2 amide bonds. The molecule has 0 saturated carbocycles. The molecule has 0 fully saturated rings. The van der Waals surface area contributed by atoms with E-state index in [0.717, 1.165) is 37.4 Å². The molecular formula is C27H18ClF11N2O5. The summed E-state index contributed by atoms with van der Waals surface area (Å²) < 4.78 is 158. The van der Waals surface area contributed by atoms with E-state index in [-0.39, 0.29) is 36.1 Å². The number of rotatable bonds is 9. The summed E-state index contributed by atoms with van der Waals surface area (Å²) in [7, 11) is 1.03. The van der Waals surface area contributed by atoms with Gasteiger partial charge < -0.3 is 24.8 Å². The fourth-order valence-electron chi connectivity index (χ4n) is 3.89. The number of methoxy groups -OCH3 is 1. The summed E-state index contributed by atoms with van der Waals surface area (Å²) >= 11 is 5.91. The average molecular weight is 695 g/mol. The lowest BCUT2D eigenvalue weighted by Gasteiger charge is -2.35. The molecule has 0 atom stereocenters. The Bertz CT molecular complexity index is 1580. The van der Waals surface area contributed by atoms with E-state index in [0.29, 0.717) is 0 Å². The van der Waals surface area contributed by atoms with E-state index in [2.05, 4.69) is 14.8 Å². The largest absolute Gasteiger partial charge is 0.573 e. The lowest BCUT2D eigenvalue weighted by Crippen LogP contribution is -2.51. The van der Waals surface area contributed by atoms with Crippen LogP contribution in [0.15, 0.2) is 54.6 Å². The zero-order valence-electron chi connectivity index (χ0n) is 22.9. The van der Waals surface area contributed by atoms with Gasteiger partial charge in [0.25, 0.3) is 11.8 Å². The maximum absolute atomic E-state index is 13.6.